The summed E-state index contributed by atoms with van der Waals surface area (Å²) in [4.78, 5) is 14.5. The van der Waals surface area contributed by atoms with Gasteiger partial charge >= 0.3 is 5.51 Å². The van der Waals surface area contributed by atoms with Crippen LogP contribution < -0.4 is 4.74 Å². The Morgan fingerprint density at radius 3 is 2.61 bits per heavy atom. The van der Waals surface area contributed by atoms with Crippen molar-refractivity contribution in [1.29, 1.82) is 0 Å². The predicted molar refractivity (Wildman–Crippen MR) is 98.1 cm³/mol. The Morgan fingerprint density at radius 2 is 1.93 bits per heavy atom. The van der Waals surface area contributed by atoms with Crippen LogP contribution in [0.25, 0.3) is 0 Å². The van der Waals surface area contributed by atoms with Crippen molar-refractivity contribution >= 4 is 17.7 Å². The molecule has 0 radical (unpaired) electrons. The van der Waals surface area contributed by atoms with Crippen molar-refractivity contribution in [1.82, 2.24) is 4.90 Å². The van der Waals surface area contributed by atoms with Crippen molar-refractivity contribution in [2.45, 2.75) is 48.5 Å². The molecule has 2 atom stereocenters. The Morgan fingerprint density at radius 1 is 1.21 bits per heavy atom. The quantitative estimate of drug-likeness (QED) is 0.741. The molecule has 2 heterocycles. The van der Waals surface area contributed by atoms with Crippen LogP contribution >= 0.6 is 11.8 Å². The zero-order valence-electron chi connectivity index (χ0n) is 15.2. The van der Waals surface area contributed by atoms with Gasteiger partial charge in [0.1, 0.15) is 17.5 Å². The molecule has 148 valence electrons. The summed E-state index contributed by atoms with van der Waals surface area (Å²) in [6.07, 6.45) is -1.11. The van der Waals surface area contributed by atoms with E-state index in [1.165, 1.54) is 23.1 Å². The van der Waals surface area contributed by atoms with Crippen LogP contribution in [0, 0.1) is 0 Å². The Balaban J connectivity index is 1.79. The van der Waals surface area contributed by atoms with E-state index in [1.54, 1.807) is 26.0 Å². The number of benzene rings is 2. The minimum Gasteiger partial charge on any atom is -0.485 e. The van der Waals surface area contributed by atoms with Crippen LogP contribution in [0.4, 0.5) is 13.2 Å². The average molecular weight is 409 g/mol. The smallest absolute Gasteiger partial charge is 0.446 e. The summed E-state index contributed by atoms with van der Waals surface area (Å²) in [7, 11) is 0. The molecule has 0 fully saturated rings. The average Bonchev–Trinajstić information content (AvgIpc) is 2.92. The first kappa shape index (κ1) is 19.1. The molecule has 0 saturated heterocycles. The molecule has 2 aliphatic rings. The van der Waals surface area contributed by atoms with Crippen molar-refractivity contribution in [2.24, 2.45) is 0 Å². The first-order valence-corrected chi connectivity index (χ1v) is 9.54. The maximum absolute atomic E-state index is 13.0. The van der Waals surface area contributed by atoms with E-state index in [4.69, 9.17) is 4.74 Å². The summed E-state index contributed by atoms with van der Waals surface area (Å²) < 4.78 is 44.3. The molecule has 0 aliphatic carbocycles. The van der Waals surface area contributed by atoms with Crippen molar-refractivity contribution in [3.05, 3.63) is 59.2 Å². The van der Waals surface area contributed by atoms with Crippen molar-refractivity contribution in [3.8, 4) is 5.75 Å². The van der Waals surface area contributed by atoms with E-state index < -0.39 is 23.3 Å². The van der Waals surface area contributed by atoms with E-state index in [1.807, 2.05) is 12.1 Å². The molecular formula is C20H18F3NO3S. The number of hydrogen-bond donors (Lipinski definition) is 1. The third kappa shape index (κ3) is 3.24. The second-order valence-electron chi connectivity index (χ2n) is 7.43. The Kier molecular flexibility index (Phi) is 4.39. The molecule has 0 bridgehead atoms. The number of hydrogen-bond acceptors (Lipinski definition) is 4. The number of fused-ring (bicyclic) bond motifs is 2. The molecule has 1 amide bonds. The van der Waals surface area contributed by atoms with Gasteiger partial charge in [-0.2, -0.15) is 13.2 Å². The molecule has 0 spiro atoms. The Bertz CT molecular complexity index is 945. The predicted octanol–water partition coefficient (Wildman–Crippen LogP) is 4.53. The maximum Gasteiger partial charge on any atom is 0.446 e. The third-order valence-corrected chi connectivity index (χ3v) is 5.82. The fourth-order valence-electron chi connectivity index (χ4n) is 3.78. The number of halogens is 3. The monoisotopic (exact) mass is 409 g/mol. The van der Waals surface area contributed by atoms with Crippen LogP contribution in [-0.4, -0.2) is 33.1 Å². The first-order valence-electron chi connectivity index (χ1n) is 8.72. The highest BCUT2D eigenvalue weighted by atomic mass is 32.2. The number of amides is 1. The number of nitrogens with zero attached hydrogens (tertiary/aromatic N) is 1. The van der Waals surface area contributed by atoms with Crippen molar-refractivity contribution in [3.63, 3.8) is 0 Å². The van der Waals surface area contributed by atoms with Gasteiger partial charge in [-0.05, 0) is 55.4 Å². The minimum absolute atomic E-state index is 0.0177. The van der Waals surface area contributed by atoms with E-state index in [0.717, 1.165) is 5.56 Å². The van der Waals surface area contributed by atoms with Gasteiger partial charge in [-0.25, -0.2) is 0 Å². The van der Waals surface area contributed by atoms with E-state index in [9.17, 15) is 23.1 Å². The lowest BCUT2D eigenvalue weighted by atomic mass is 9.85. The second kappa shape index (κ2) is 6.42. The third-order valence-electron chi connectivity index (χ3n) is 5.10. The van der Waals surface area contributed by atoms with Crippen molar-refractivity contribution < 1.29 is 27.8 Å². The van der Waals surface area contributed by atoms with Crippen LogP contribution in [0.2, 0.25) is 0 Å². The molecule has 2 aliphatic heterocycles. The fraction of sp³-hybridized carbons (Fsp3) is 0.350. The summed E-state index contributed by atoms with van der Waals surface area (Å²) in [6.45, 7) is 3.67. The van der Waals surface area contributed by atoms with E-state index in [-0.39, 0.29) is 29.1 Å². The van der Waals surface area contributed by atoms with E-state index in [2.05, 4.69) is 0 Å². The van der Waals surface area contributed by atoms with E-state index in [0.29, 0.717) is 16.9 Å². The number of carbonyl (C=O) groups is 1. The molecule has 4 nitrogen and oxygen atoms in total. The van der Waals surface area contributed by atoms with Gasteiger partial charge in [0, 0.05) is 22.6 Å². The van der Waals surface area contributed by atoms with Crippen LogP contribution in [0.3, 0.4) is 0 Å². The van der Waals surface area contributed by atoms with Gasteiger partial charge in [0.05, 0.1) is 6.04 Å². The topological polar surface area (TPSA) is 49.8 Å². The maximum atomic E-state index is 13.0. The molecule has 2 aromatic rings. The number of alkyl halides is 3. The number of aliphatic hydroxyl groups excluding tert-OH is 1. The largest absolute Gasteiger partial charge is 0.485 e. The first-order chi connectivity index (χ1) is 13.1. The van der Waals surface area contributed by atoms with E-state index >= 15 is 0 Å². The molecule has 0 saturated carbocycles. The summed E-state index contributed by atoms with van der Waals surface area (Å²) in [5.74, 6) is 0.118. The lowest BCUT2D eigenvalue weighted by molar-refractivity contribution is -0.0869. The van der Waals surface area contributed by atoms with Crippen LogP contribution in [0.15, 0.2) is 47.4 Å². The second-order valence-corrected chi connectivity index (χ2v) is 8.57. The molecule has 1 N–H and O–H groups in total. The lowest BCUT2D eigenvalue weighted by Gasteiger charge is -2.45. The highest BCUT2D eigenvalue weighted by Gasteiger charge is 2.48. The number of carbonyl (C=O) groups excluding carboxylic acids is 1. The molecule has 28 heavy (non-hydrogen) atoms. The summed E-state index contributed by atoms with van der Waals surface area (Å²) >= 11 is -0.233. The molecular weight excluding hydrogens is 391 g/mol. The number of ether oxygens (including phenoxy) is 1. The fourth-order valence-corrected chi connectivity index (χ4v) is 4.37. The molecule has 4 rings (SSSR count). The summed E-state index contributed by atoms with van der Waals surface area (Å²) in [6, 6.07) is 10.5. The lowest BCUT2D eigenvalue weighted by Crippen LogP contribution is -2.53. The van der Waals surface area contributed by atoms with Crippen LogP contribution in [0.1, 0.15) is 41.4 Å². The number of thioether (sulfide) groups is 1. The summed E-state index contributed by atoms with van der Waals surface area (Å²) in [5, 5.41) is 11.0. The minimum atomic E-state index is -4.43. The van der Waals surface area contributed by atoms with Gasteiger partial charge < -0.3 is 14.7 Å². The zero-order valence-corrected chi connectivity index (χ0v) is 16.0. The highest BCUT2D eigenvalue weighted by molar-refractivity contribution is 8.00. The molecule has 2 aromatic carbocycles. The van der Waals surface area contributed by atoms with Gasteiger partial charge in [-0.15, -0.1) is 0 Å². The number of aliphatic hydroxyl groups is 1. The SMILES string of the molecule is CC1(C)Oc2ccc(SC(F)(F)F)cc2[C@H](N2Cc3ccccc3C2=O)[C@H]1O. The van der Waals surface area contributed by atoms with Crippen LogP contribution in [-0.2, 0) is 6.54 Å². The van der Waals surface area contributed by atoms with Crippen LogP contribution in [0.5, 0.6) is 5.75 Å². The van der Waals surface area contributed by atoms with Crippen molar-refractivity contribution in [2.75, 3.05) is 0 Å². The van der Waals surface area contributed by atoms with Gasteiger partial charge in [0.2, 0.25) is 0 Å². The normalized spacial score (nSPS) is 23.2. The number of rotatable bonds is 2. The summed E-state index contributed by atoms with van der Waals surface area (Å²) in [5.41, 5.74) is -3.70. The highest BCUT2D eigenvalue weighted by Crippen LogP contribution is 2.47. The Hall–Kier alpha value is -2.19. The molecule has 8 heteroatoms. The molecule has 0 unspecified atom stereocenters. The van der Waals surface area contributed by atoms with Gasteiger partial charge in [0.25, 0.3) is 5.91 Å². The van der Waals surface area contributed by atoms with Gasteiger partial charge in [-0.1, -0.05) is 18.2 Å². The molecule has 0 aromatic heterocycles. The van der Waals surface area contributed by atoms with Gasteiger partial charge in [0.15, 0.2) is 0 Å². The Labute approximate surface area is 164 Å². The van der Waals surface area contributed by atoms with Gasteiger partial charge in [-0.3, -0.25) is 4.79 Å². The zero-order chi connectivity index (χ0) is 20.3. The standard InChI is InChI=1S/C20H18F3NO3S/c1-19(2)17(25)16(24-10-11-5-3-4-6-13(11)18(24)26)14-9-12(28-20(21,22)23)7-8-15(14)27-19/h3-9,16-17,25H,10H2,1-2H3/t16-,17+/m0/s1.